The lowest BCUT2D eigenvalue weighted by atomic mass is 9.93. The number of ether oxygens (including phenoxy) is 1. The Bertz CT molecular complexity index is 406. The molecule has 0 radical (unpaired) electrons. The number of aliphatic hydroxyl groups is 1. The van der Waals surface area contributed by atoms with Gasteiger partial charge in [0.25, 0.3) is 0 Å². The fraction of sp³-hybridized carbons (Fsp3) is 0.500. The molecule has 1 atom stereocenters. The van der Waals surface area contributed by atoms with Gasteiger partial charge in [-0.15, -0.1) is 0 Å². The van der Waals surface area contributed by atoms with Crippen LogP contribution in [0, 0.1) is 6.92 Å². The maximum atomic E-state index is 9.11. The Kier molecular flexibility index (Phi) is 3.38. The van der Waals surface area contributed by atoms with Crippen molar-refractivity contribution >= 4 is 11.6 Å². The van der Waals surface area contributed by atoms with Gasteiger partial charge in [0.05, 0.1) is 24.3 Å². The van der Waals surface area contributed by atoms with E-state index in [2.05, 4.69) is 0 Å². The predicted molar refractivity (Wildman–Crippen MR) is 64.0 cm³/mol. The third-order valence-electron chi connectivity index (χ3n) is 3.07. The molecule has 0 saturated carbocycles. The zero-order chi connectivity index (χ0) is 11.7. The minimum absolute atomic E-state index is 0.0726. The van der Waals surface area contributed by atoms with Crippen LogP contribution in [0.3, 0.4) is 0 Å². The minimum Gasteiger partial charge on any atom is -0.492 e. The molecule has 0 amide bonds. The van der Waals surface area contributed by atoms with Crippen LogP contribution >= 0.6 is 11.6 Å². The van der Waals surface area contributed by atoms with Gasteiger partial charge in [-0.25, -0.2) is 0 Å². The lowest BCUT2D eigenvalue weighted by Gasteiger charge is -2.24. The van der Waals surface area contributed by atoms with Crippen LogP contribution in [-0.2, 0) is 6.42 Å². The molecule has 2 rings (SSSR count). The summed E-state index contributed by atoms with van der Waals surface area (Å²) >= 11 is 6.16. The van der Waals surface area contributed by atoms with Crippen molar-refractivity contribution in [2.45, 2.75) is 25.8 Å². The Morgan fingerprint density at radius 1 is 1.62 bits per heavy atom. The number of aliphatic hydroxyl groups excluding tert-OH is 1. The third kappa shape index (κ3) is 1.90. The highest BCUT2D eigenvalue weighted by atomic mass is 35.5. The molecule has 0 aliphatic carbocycles. The summed E-state index contributed by atoms with van der Waals surface area (Å²) in [6.07, 6.45) is 1.97. The molecule has 0 bridgehead atoms. The number of fused-ring (bicyclic) bond motifs is 1. The Hall–Kier alpha value is -0.770. The normalized spacial score (nSPS) is 16.5. The molecular formula is C12H16ClNO2. The van der Waals surface area contributed by atoms with E-state index < -0.39 is 0 Å². The monoisotopic (exact) mass is 241 g/mol. The highest BCUT2D eigenvalue weighted by Gasteiger charge is 2.21. The predicted octanol–water partition coefficient (Wildman–Crippen LogP) is 1.97. The number of hydrogen-bond donors (Lipinski definition) is 2. The van der Waals surface area contributed by atoms with Crippen molar-refractivity contribution in [3.8, 4) is 5.75 Å². The van der Waals surface area contributed by atoms with Crippen molar-refractivity contribution in [1.82, 2.24) is 0 Å². The van der Waals surface area contributed by atoms with Gasteiger partial charge in [-0.3, -0.25) is 0 Å². The van der Waals surface area contributed by atoms with E-state index in [0.29, 0.717) is 5.02 Å². The lowest BCUT2D eigenvalue weighted by Crippen LogP contribution is -2.18. The molecule has 1 heterocycles. The molecule has 3 nitrogen and oxygen atoms in total. The average Bonchev–Trinajstić information content (AvgIpc) is 2.33. The standard InChI is InChI=1S/C12H16ClNO2/c1-7-8-3-2-4-16-12(8)10(13)5-9(7)11(14)6-15/h5,11,15H,2-4,6,14H2,1H3. The Morgan fingerprint density at radius 2 is 2.38 bits per heavy atom. The highest BCUT2D eigenvalue weighted by molar-refractivity contribution is 6.32. The summed E-state index contributed by atoms with van der Waals surface area (Å²) in [6.45, 7) is 2.66. The van der Waals surface area contributed by atoms with Gasteiger partial charge >= 0.3 is 0 Å². The van der Waals surface area contributed by atoms with E-state index in [4.69, 9.17) is 27.2 Å². The van der Waals surface area contributed by atoms with Gasteiger partial charge in [0, 0.05) is 0 Å². The molecule has 1 aliphatic rings. The van der Waals surface area contributed by atoms with E-state index in [-0.39, 0.29) is 12.6 Å². The molecule has 3 N–H and O–H groups in total. The van der Waals surface area contributed by atoms with Crippen molar-refractivity contribution in [3.63, 3.8) is 0 Å². The van der Waals surface area contributed by atoms with E-state index >= 15 is 0 Å². The van der Waals surface area contributed by atoms with Crippen molar-refractivity contribution < 1.29 is 9.84 Å². The van der Waals surface area contributed by atoms with Crippen LogP contribution in [0.15, 0.2) is 6.07 Å². The van der Waals surface area contributed by atoms with E-state index in [1.807, 2.05) is 13.0 Å². The van der Waals surface area contributed by atoms with Gasteiger partial charge in [-0.05, 0) is 42.5 Å². The molecule has 1 unspecified atom stereocenters. The molecule has 0 saturated heterocycles. The topological polar surface area (TPSA) is 55.5 Å². The molecule has 88 valence electrons. The number of rotatable bonds is 2. The Balaban J connectivity index is 2.53. The maximum absolute atomic E-state index is 9.11. The van der Waals surface area contributed by atoms with Crippen molar-refractivity contribution in [2.24, 2.45) is 5.73 Å². The zero-order valence-corrected chi connectivity index (χ0v) is 10.0. The summed E-state index contributed by atoms with van der Waals surface area (Å²) in [5, 5.41) is 9.70. The number of hydrogen-bond acceptors (Lipinski definition) is 3. The first-order valence-electron chi connectivity index (χ1n) is 5.46. The maximum Gasteiger partial charge on any atom is 0.141 e. The number of nitrogens with two attached hydrogens (primary N) is 1. The molecule has 16 heavy (non-hydrogen) atoms. The zero-order valence-electron chi connectivity index (χ0n) is 9.29. The first-order valence-corrected chi connectivity index (χ1v) is 5.84. The summed E-state index contributed by atoms with van der Waals surface area (Å²) < 4.78 is 5.57. The van der Waals surface area contributed by atoms with Gasteiger partial charge in [0.2, 0.25) is 0 Å². The van der Waals surface area contributed by atoms with Crippen LogP contribution in [0.25, 0.3) is 0 Å². The first kappa shape index (κ1) is 11.7. The molecule has 1 aliphatic heterocycles. The van der Waals surface area contributed by atoms with E-state index in [0.717, 1.165) is 41.9 Å². The Labute approximate surface area is 100 Å². The smallest absolute Gasteiger partial charge is 0.141 e. The Morgan fingerprint density at radius 3 is 3.06 bits per heavy atom. The van der Waals surface area contributed by atoms with Gasteiger partial charge < -0.3 is 15.6 Å². The second-order valence-corrected chi connectivity index (χ2v) is 4.53. The van der Waals surface area contributed by atoms with Gasteiger partial charge in [0.15, 0.2) is 0 Å². The molecule has 0 aromatic heterocycles. The largest absolute Gasteiger partial charge is 0.492 e. The van der Waals surface area contributed by atoms with Crippen LogP contribution in [0.4, 0.5) is 0 Å². The number of benzene rings is 1. The summed E-state index contributed by atoms with van der Waals surface area (Å²) in [5.74, 6) is 0.791. The molecule has 1 aromatic rings. The quantitative estimate of drug-likeness (QED) is 0.832. The van der Waals surface area contributed by atoms with Crippen LogP contribution in [0.1, 0.15) is 29.2 Å². The fourth-order valence-corrected chi connectivity index (χ4v) is 2.45. The molecular weight excluding hydrogens is 226 g/mol. The van der Waals surface area contributed by atoms with Crippen molar-refractivity contribution in [2.75, 3.05) is 13.2 Å². The van der Waals surface area contributed by atoms with Gasteiger partial charge in [0.1, 0.15) is 5.75 Å². The minimum atomic E-state index is -0.371. The third-order valence-corrected chi connectivity index (χ3v) is 3.35. The summed E-state index contributed by atoms with van der Waals surface area (Å²) in [5.41, 5.74) is 9.00. The average molecular weight is 242 g/mol. The van der Waals surface area contributed by atoms with Crippen LogP contribution < -0.4 is 10.5 Å². The van der Waals surface area contributed by atoms with Crippen LogP contribution in [0.5, 0.6) is 5.75 Å². The molecule has 0 spiro atoms. The molecule has 4 heteroatoms. The second kappa shape index (κ2) is 4.62. The fourth-order valence-electron chi connectivity index (χ4n) is 2.16. The second-order valence-electron chi connectivity index (χ2n) is 4.12. The van der Waals surface area contributed by atoms with E-state index in [9.17, 15) is 0 Å². The highest BCUT2D eigenvalue weighted by Crippen LogP contribution is 2.38. The summed E-state index contributed by atoms with van der Waals surface area (Å²) in [7, 11) is 0. The summed E-state index contributed by atoms with van der Waals surface area (Å²) in [6, 6.07) is 1.44. The van der Waals surface area contributed by atoms with Gasteiger partial charge in [-0.1, -0.05) is 11.6 Å². The first-order chi connectivity index (χ1) is 7.65. The molecule has 1 aromatic carbocycles. The summed E-state index contributed by atoms with van der Waals surface area (Å²) in [4.78, 5) is 0. The van der Waals surface area contributed by atoms with Crippen LogP contribution in [-0.4, -0.2) is 18.3 Å². The van der Waals surface area contributed by atoms with Crippen LogP contribution in [0.2, 0.25) is 5.02 Å². The van der Waals surface area contributed by atoms with Crippen molar-refractivity contribution in [3.05, 3.63) is 27.8 Å². The van der Waals surface area contributed by atoms with Crippen molar-refractivity contribution in [1.29, 1.82) is 0 Å². The molecule has 0 fully saturated rings. The number of halogens is 1. The van der Waals surface area contributed by atoms with E-state index in [1.54, 1.807) is 0 Å². The lowest BCUT2D eigenvalue weighted by molar-refractivity contribution is 0.266. The SMILES string of the molecule is Cc1c(C(N)CO)cc(Cl)c2c1CCCO2. The van der Waals surface area contributed by atoms with E-state index in [1.165, 1.54) is 0 Å². The van der Waals surface area contributed by atoms with Gasteiger partial charge in [-0.2, -0.15) is 0 Å².